The van der Waals surface area contributed by atoms with Gasteiger partial charge < -0.3 is 10.5 Å². The van der Waals surface area contributed by atoms with Gasteiger partial charge in [-0.2, -0.15) is 5.26 Å². The van der Waals surface area contributed by atoms with Crippen LogP contribution >= 0.6 is 0 Å². The van der Waals surface area contributed by atoms with Crippen molar-refractivity contribution in [2.75, 3.05) is 20.2 Å². The average molecular weight is 259 g/mol. The summed E-state index contributed by atoms with van der Waals surface area (Å²) in [6, 6.07) is 8.31. The number of nitrogens with two attached hydrogens (primary N) is 1. The first-order valence-electron chi connectivity index (χ1n) is 6.69. The maximum Gasteiger partial charge on any atom is 0.136 e. The van der Waals surface area contributed by atoms with Crippen molar-refractivity contribution >= 4 is 0 Å². The SMILES string of the molecule is COc1ccc(CN2CCC(N)C(C)C2)cc1C#N. The Hall–Kier alpha value is -1.57. The third-order valence-corrected chi connectivity index (χ3v) is 3.85. The molecule has 0 bridgehead atoms. The van der Waals surface area contributed by atoms with E-state index in [-0.39, 0.29) is 0 Å². The molecule has 1 fully saturated rings. The molecular formula is C15H21N3O. The van der Waals surface area contributed by atoms with Crippen molar-refractivity contribution in [3.05, 3.63) is 29.3 Å². The number of benzene rings is 1. The number of rotatable bonds is 3. The molecule has 1 aromatic rings. The van der Waals surface area contributed by atoms with Gasteiger partial charge in [-0.15, -0.1) is 0 Å². The van der Waals surface area contributed by atoms with Crippen molar-refractivity contribution in [2.45, 2.75) is 25.9 Å². The van der Waals surface area contributed by atoms with Crippen molar-refractivity contribution in [3.63, 3.8) is 0 Å². The van der Waals surface area contributed by atoms with Crippen LogP contribution in [0.2, 0.25) is 0 Å². The van der Waals surface area contributed by atoms with Gasteiger partial charge in [0, 0.05) is 19.1 Å². The Morgan fingerprint density at radius 2 is 2.32 bits per heavy atom. The minimum Gasteiger partial charge on any atom is -0.495 e. The van der Waals surface area contributed by atoms with Gasteiger partial charge in [0.25, 0.3) is 0 Å². The zero-order chi connectivity index (χ0) is 13.8. The van der Waals surface area contributed by atoms with Crippen LogP contribution in [0, 0.1) is 17.2 Å². The minimum absolute atomic E-state index is 0.321. The van der Waals surface area contributed by atoms with Crippen molar-refractivity contribution in [1.29, 1.82) is 5.26 Å². The maximum absolute atomic E-state index is 9.10. The molecule has 2 rings (SSSR count). The highest BCUT2D eigenvalue weighted by atomic mass is 16.5. The van der Waals surface area contributed by atoms with E-state index in [9.17, 15) is 0 Å². The van der Waals surface area contributed by atoms with Gasteiger partial charge >= 0.3 is 0 Å². The third-order valence-electron chi connectivity index (χ3n) is 3.85. The zero-order valence-electron chi connectivity index (χ0n) is 11.6. The predicted octanol–water partition coefficient (Wildman–Crippen LogP) is 1.74. The molecule has 19 heavy (non-hydrogen) atoms. The fraction of sp³-hybridized carbons (Fsp3) is 0.533. The van der Waals surface area contributed by atoms with E-state index in [0.717, 1.165) is 31.6 Å². The quantitative estimate of drug-likeness (QED) is 0.898. The van der Waals surface area contributed by atoms with Crippen LogP contribution in [0.5, 0.6) is 5.75 Å². The monoisotopic (exact) mass is 259 g/mol. The molecule has 1 aliphatic heterocycles. The van der Waals surface area contributed by atoms with Gasteiger partial charge in [-0.05, 0) is 36.6 Å². The Morgan fingerprint density at radius 1 is 1.53 bits per heavy atom. The van der Waals surface area contributed by atoms with Crippen molar-refractivity contribution in [3.8, 4) is 11.8 Å². The molecule has 0 amide bonds. The number of nitrogens with zero attached hydrogens (tertiary/aromatic N) is 2. The van der Waals surface area contributed by atoms with Crippen molar-refractivity contribution < 1.29 is 4.74 Å². The molecule has 0 saturated carbocycles. The summed E-state index contributed by atoms with van der Waals surface area (Å²) in [4.78, 5) is 2.40. The molecule has 1 heterocycles. The second-order valence-electron chi connectivity index (χ2n) is 5.31. The van der Waals surface area contributed by atoms with Crippen LogP contribution in [-0.4, -0.2) is 31.1 Å². The molecule has 1 saturated heterocycles. The van der Waals surface area contributed by atoms with Crippen LogP contribution in [0.25, 0.3) is 0 Å². The van der Waals surface area contributed by atoms with Gasteiger partial charge in [-0.1, -0.05) is 13.0 Å². The Morgan fingerprint density at radius 3 is 2.95 bits per heavy atom. The van der Waals surface area contributed by atoms with Crippen molar-refractivity contribution in [1.82, 2.24) is 4.90 Å². The normalized spacial score (nSPS) is 23.9. The number of piperidine rings is 1. The second kappa shape index (κ2) is 6.05. The van der Waals surface area contributed by atoms with Crippen LogP contribution in [-0.2, 0) is 6.54 Å². The first kappa shape index (κ1) is 13.9. The van der Waals surface area contributed by atoms with Gasteiger partial charge in [0.05, 0.1) is 12.7 Å². The summed E-state index contributed by atoms with van der Waals surface area (Å²) in [6.07, 6.45) is 1.04. The van der Waals surface area contributed by atoms with Crippen LogP contribution in [0.3, 0.4) is 0 Å². The summed E-state index contributed by atoms with van der Waals surface area (Å²) in [5.74, 6) is 1.17. The molecule has 1 aliphatic rings. The van der Waals surface area contributed by atoms with Gasteiger partial charge in [0.1, 0.15) is 11.8 Å². The topological polar surface area (TPSA) is 62.3 Å². The van der Waals surface area contributed by atoms with E-state index in [1.165, 1.54) is 0 Å². The molecule has 1 aromatic carbocycles. The molecule has 0 aromatic heterocycles. The molecule has 4 heteroatoms. The van der Waals surface area contributed by atoms with Gasteiger partial charge in [0.15, 0.2) is 0 Å². The largest absolute Gasteiger partial charge is 0.495 e. The summed E-state index contributed by atoms with van der Waals surface area (Å²) in [5, 5.41) is 9.10. The van der Waals surface area contributed by atoms with E-state index in [2.05, 4.69) is 17.9 Å². The first-order valence-corrected chi connectivity index (χ1v) is 6.69. The number of likely N-dealkylation sites (tertiary alicyclic amines) is 1. The van der Waals surface area contributed by atoms with Crippen LogP contribution in [0.1, 0.15) is 24.5 Å². The molecule has 2 atom stereocenters. The lowest BCUT2D eigenvalue weighted by molar-refractivity contribution is 0.158. The predicted molar refractivity (Wildman–Crippen MR) is 74.7 cm³/mol. The molecule has 2 unspecified atom stereocenters. The summed E-state index contributed by atoms with van der Waals surface area (Å²) < 4.78 is 5.16. The highest BCUT2D eigenvalue weighted by Crippen LogP contribution is 2.22. The molecule has 102 valence electrons. The van der Waals surface area contributed by atoms with E-state index < -0.39 is 0 Å². The summed E-state index contributed by atoms with van der Waals surface area (Å²) in [6.45, 7) is 5.12. The molecule has 4 nitrogen and oxygen atoms in total. The summed E-state index contributed by atoms with van der Waals surface area (Å²) in [7, 11) is 1.59. The van der Waals surface area contributed by atoms with Gasteiger partial charge in [-0.3, -0.25) is 4.90 Å². The van der Waals surface area contributed by atoms with Crippen LogP contribution in [0.15, 0.2) is 18.2 Å². The Labute approximate surface area is 114 Å². The number of nitriles is 1. The average Bonchev–Trinajstić information content (AvgIpc) is 2.43. The first-order chi connectivity index (χ1) is 9.13. The van der Waals surface area contributed by atoms with E-state index in [1.807, 2.05) is 18.2 Å². The van der Waals surface area contributed by atoms with Gasteiger partial charge in [0.2, 0.25) is 0 Å². The van der Waals surface area contributed by atoms with Crippen molar-refractivity contribution in [2.24, 2.45) is 11.7 Å². The standard InChI is InChI=1S/C15H21N3O/c1-11-9-18(6-5-14(11)17)10-12-3-4-15(19-2)13(7-12)8-16/h3-4,7,11,14H,5-6,9-10,17H2,1-2H3. The summed E-state index contributed by atoms with van der Waals surface area (Å²) in [5.41, 5.74) is 7.78. The lowest BCUT2D eigenvalue weighted by Gasteiger charge is -2.35. The molecule has 0 spiro atoms. The lowest BCUT2D eigenvalue weighted by Crippen LogP contribution is -2.45. The second-order valence-corrected chi connectivity index (χ2v) is 5.31. The molecule has 0 radical (unpaired) electrons. The fourth-order valence-corrected chi connectivity index (χ4v) is 2.59. The van der Waals surface area contributed by atoms with Crippen LogP contribution in [0.4, 0.5) is 0 Å². The molecular weight excluding hydrogens is 238 g/mol. The Balaban J connectivity index is 2.06. The van der Waals surface area contributed by atoms with E-state index in [0.29, 0.717) is 23.3 Å². The number of ether oxygens (including phenoxy) is 1. The molecule has 0 aliphatic carbocycles. The highest BCUT2D eigenvalue weighted by molar-refractivity contribution is 5.45. The van der Waals surface area contributed by atoms with Crippen LogP contribution < -0.4 is 10.5 Å². The Kier molecular flexibility index (Phi) is 4.41. The van der Waals surface area contributed by atoms with E-state index in [4.69, 9.17) is 15.7 Å². The highest BCUT2D eigenvalue weighted by Gasteiger charge is 2.23. The Bertz CT molecular complexity index is 481. The zero-order valence-corrected chi connectivity index (χ0v) is 11.6. The smallest absolute Gasteiger partial charge is 0.136 e. The van der Waals surface area contributed by atoms with E-state index >= 15 is 0 Å². The van der Waals surface area contributed by atoms with Gasteiger partial charge in [-0.25, -0.2) is 0 Å². The summed E-state index contributed by atoms with van der Waals surface area (Å²) >= 11 is 0. The third kappa shape index (κ3) is 3.25. The maximum atomic E-state index is 9.10. The number of hydrogen-bond donors (Lipinski definition) is 1. The molecule has 2 N–H and O–H groups in total. The van der Waals surface area contributed by atoms with E-state index in [1.54, 1.807) is 7.11 Å². The fourth-order valence-electron chi connectivity index (χ4n) is 2.59. The number of methoxy groups -OCH3 is 1. The lowest BCUT2D eigenvalue weighted by atomic mass is 9.94. The minimum atomic E-state index is 0.321. The number of hydrogen-bond acceptors (Lipinski definition) is 4.